The number of nitrogens with zero attached hydrogens (tertiary/aromatic N) is 4. The van der Waals surface area contributed by atoms with Crippen LogP contribution >= 0.6 is 7.60 Å². The third-order valence-corrected chi connectivity index (χ3v) is 4.80. The zero-order chi connectivity index (χ0) is 18.3. The van der Waals surface area contributed by atoms with Gasteiger partial charge in [-0.2, -0.15) is 4.73 Å². The van der Waals surface area contributed by atoms with E-state index in [1.54, 1.807) is 13.8 Å². The molecular weight excluding hydrogens is 353 g/mol. The van der Waals surface area contributed by atoms with E-state index in [1.807, 2.05) is 0 Å². The van der Waals surface area contributed by atoms with Gasteiger partial charge in [-0.25, -0.2) is 15.0 Å². The quantitative estimate of drug-likeness (QED) is 0.531. The van der Waals surface area contributed by atoms with Gasteiger partial charge in [0.15, 0.2) is 17.4 Å². The van der Waals surface area contributed by atoms with Crippen molar-refractivity contribution in [2.45, 2.75) is 20.0 Å². The normalized spacial score (nSPS) is 13.2. The van der Waals surface area contributed by atoms with Crippen molar-refractivity contribution in [3.8, 4) is 0 Å². The van der Waals surface area contributed by atoms with Gasteiger partial charge in [0.1, 0.15) is 19.0 Å². The van der Waals surface area contributed by atoms with Crippen LogP contribution in [0, 0.1) is 0 Å². The second-order valence-electron chi connectivity index (χ2n) is 4.86. The third kappa shape index (κ3) is 5.10. The van der Waals surface area contributed by atoms with E-state index in [4.69, 9.17) is 24.4 Å². The minimum Gasteiger partial charge on any atom is -0.403 e. The summed E-state index contributed by atoms with van der Waals surface area (Å²) in [6.45, 7) is 3.52. The Bertz CT molecular complexity index is 716. The fourth-order valence-electron chi connectivity index (χ4n) is 1.99. The highest BCUT2D eigenvalue weighted by Crippen LogP contribution is 2.47. The van der Waals surface area contributed by atoms with E-state index in [1.165, 1.54) is 17.4 Å². The van der Waals surface area contributed by atoms with Gasteiger partial charge in [-0.15, -0.1) is 0 Å². The SMILES string of the molecule is CCOP(=O)(COCC(CO)On1cnc2c(N)ncnc21)OCC. The number of anilines is 1. The highest BCUT2D eigenvalue weighted by Gasteiger charge is 2.25. The number of rotatable bonds is 11. The predicted octanol–water partition coefficient (Wildman–Crippen LogP) is 0.438. The van der Waals surface area contributed by atoms with Crippen molar-refractivity contribution >= 4 is 24.6 Å². The Hall–Kier alpha value is -1.78. The van der Waals surface area contributed by atoms with Crippen LogP contribution in [0.25, 0.3) is 11.2 Å². The van der Waals surface area contributed by atoms with Crippen LogP contribution in [0.4, 0.5) is 5.82 Å². The molecule has 2 aromatic rings. The molecule has 1 unspecified atom stereocenters. The summed E-state index contributed by atoms with van der Waals surface area (Å²) >= 11 is 0. The van der Waals surface area contributed by atoms with Crippen LogP contribution < -0.4 is 10.6 Å². The maximum atomic E-state index is 12.3. The molecule has 0 amide bonds. The second-order valence-corrected chi connectivity index (χ2v) is 6.85. The van der Waals surface area contributed by atoms with Crippen molar-refractivity contribution in [1.82, 2.24) is 19.7 Å². The molecule has 0 saturated carbocycles. The van der Waals surface area contributed by atoms with Crippen molar-refractivity contribution in [1.29, 1.82) is 0 Å². The lowest BCUT2D eigenvalue weighted by molar-refractivity contribution is -0.0405. The smallest absolute Gasteiger partial charge is 0.356 e. The fourth-order valence-corrected chi connectivity index (χ4v) is 3.33. The van der Waals surface area contributed by atoms with E-state index in [2.05, 4.69) is 15.0 Å². The minimum absolute atomic E-state index is 0.0408. The van der Waals surface area contributed by atoms with E-state index >= 15 is 0 Å². The molecular formula is C13H22N5O6P. The standard InChI is InChI=1S/C13H22N5O6P/c1-3-22-25(20,23-4-2)9-21-6-10(5-19)24-18-8-17-11-12(14)15-7-16-13(11)18/h7-8,10,19H,3-6,9H2,1-2H3,(H2,14,15,16). The second kappa shape index (κ2) is 9.07. The Morgan fingerprint density at radius 1 is 1.28 bits per heavy atom. The lowest BCUT2D eigenvalue weighted by atomic mass is 10.4. The average Bonchev–Trinajstić information content (AvgIpc) is 2.99. The zero-order valence-electron chi connectivity index (χ0n) is 14.1. The molecule has 0 bridgehead atoms. The molecule has 0 aliphatic rings. The first-order chi connectivity index (χ1) is 12.0. The molecule has 1 atom stereocenters. The zero-order valence-corrected chi connectivity index (χ0v) is 15.0. The Balaban J connectivity index is 1.96. The predicted molar refractivity (Wildman–Crippen MR) is 88.9 cm³/mol. The first-order valence-corrected chi connectivity index (χ1v) is 9.43. The number of nitrogen functional groups attached to an aromatic ring is 1. The van der Waals surface area contributed by atoms with E-state index in [-0.39, 0.29) is 38.6 Å². The monoisotopic (exact) mass is 375 g/mol. The van der Waals surface area contributed by atoms with E-state index < -0.39 is 13.7 Å². The van der Waals surface area contributed by atoms with Crippen molar-refractivity contribution in [2.24, 2.45) is 0 Å². The van der Waals surface area contributed by atoms with Gasteiger partial charge < -0.3 is 29.5 Å². The molecule has 2 rings (SSSR count). The molecule has 0 aliphatic carbocycles. The molecule has 0 spiro atoms. The van der Waals surface area contributed by atoms with Crippen LogP contribution in [0.5, 0.6) is 0 Å². The number of aliphatic hydroxyl groups is 1. The van der Waals surface area contributed by atoms with Crippen LogP contribution in [-0.2, 0) is 18.3 Å². The Kier molecular flexibility index (Phi) is 7.09. The van der Waals surface area contributed by atoms with Crippen LogP contribution in [0.15, 0.2) is 12.7 Å². The summed E-state index contributed by atoms with van der Waals surface area (Å²) in [5.74, 6) is 0.221. The first kappa shape index (κ1) is 19.5. The maximum absolute atomic E-state index is 12.3. The Morgan fingerprint density at radius 3 is 2.64 bits per heavy atom. The van der Waals surface area contributed by atoms with Gasteiger partial charge in [-0.05, 0) is 13.8 Å². The number of nitrogens with two attached hydrogens (primary N) is 1. The molecule has 0 radical (unpaired) electrons. The van der Waals surface area contributed by atoms with Crippen molar-refractivity contribution < 1.29 is 28.3 Å². The van der Waals surface area contributed by atoms with Gasteiger partial charge >= 0.3 is 7.60 Å². The summed E-state index contributed by atoms with van der Waals surface area (Å²) in [7, 11) is -3.32. The van der Waals surface area contributed by atoms with Gasteiger partial charge in [0.2, 0.25) is 5.65 Å². The van der Waals surface area contributed by atoms with Gasteiger partial charge in [-0.1, -0.05) is 0 Å². The van der Waals surface area contributed by atoms with Crippen molar-refractivity contribution in [2.75, 3.05) is 38.5 Å². The summed E-state index contributed by atoms with van der Waals surface area (Å²) in [4.78, 5) is 17.5. The molecule has 2 aromatic heterocycles. The van der Waals surface area contributed by atoms with E-state index in [9.17, 15) is 9.67 Å². The molecule has 0 saturated heterocycles. The summed E-state index contributed by atoms with van der Waals surface area (Å²) in [6, 6.07) is 0. The molecule has 3 N–H and O–H groups in total. The number of aliphatic hydroxyl groups excluding tert-OH is 1. The van der Waals surface area contributed by atoms with Crippen LogP contribution in [0.1, 0.15) is 13.8 Å². The molecule has 25 heavy (non-hydrogen) atoms. The number of ether oxygens (including phenoxy) is 1. The topological polar surface area (TPSA) is 144 Å². The van der Waals surface area contributed by atoms with Gasteiger partial charge in [-0.3, -0.25) is 4.57 Å². The van der Waals surface area contributed by atoms with Crippen molar-refractivity contribution in [3.63, 3.8) is 0 Å². The molecule has 11 nitrogen and oxygen atoms in total. The molecule has 0 aromatic carbocycles. The number of hydrogen-bond donors (Lipinski definition) is 2. The number of aromatic nitrogens is 4. The number of hydrogen-bond acceptors (Lipinski definition) is 10. The van der Waals surface area contributed by atoms with Gasteiger partial charge in [0.25, 0.3) is 0 Å². The lowest BCUT2D eigenvalue weighted by Crippen LogP contribution is -2.33. The molecule has 0 aliphatic heterocycles. The van der Waals surface area contributed by atoms with Gasteiger partial charge in [0, 0.05) is 0 Å². The van der Waals surface area contributed by atoms with E-state index in [0.717, 1.165) is 0 Å². The Morgan fingerprint density at radius 2 is 2.00 bits per heavy atom. The summed E-state index contributed by atoms with van der Waals surface area (Å²) in [5.41, 5.74) is 6.45. The highest BCUT2D eigenvalue weighted by atomic mass is 31.2. The number of imidazole rings is 1. The fraction of sp³-hybridized carbons (Fsp3) is 0.615. The highest BCUT2D eigenvalue weighted by molar-refractivity contribution is 7.53. The summed E-state index contributed by atoms with van der Waals surface area (Å²) in [5, 5.41) is 9.46. The van der Waals surface area contributed by atoms with Crippen LogP contribution in [-0.4, -0.2) is 63.7 Å². The van der Waals surface area contributed by atoms with Crippen LogP contribution in [0.3, 0.4) is 0 Å². The van der Waals surface area contributed by atoms with E-state index in [0.29, 0.717) is 11.2 Å². The Labute approximate surface area is 144 Å². The largest absolute Gasteiger partial charge is 0.403 e. The molecule has 140 valence electrons. The summed E-state index contributed by atoms with van der Waals surface area (Å²) in [6.07, 6.45) is 1.66. The first-order valence-electron chi connectivity index (χ1n) is 7.70. The minimum atomic E-state index is -3.32. The molecule has 2 heterocycles. The van der Waals surface area contributed by atoms with Crippen molar-refractivity contribution in [3.05, 3.63) is 12.7 Å². The number of fused-ring (bicyclic) bond motifs is 1. The molecule has 12 heteroatoms. The maximum Gasteiger partial charge on any atom is 0.356 e. The van der Waals surface area contributed by atoms with Gasteiger partial charge in [0.05, 0.1) is 26.4 Å². The summed E-state index contributed by atoms with van der Waals surface area (Å²) < 4.78 is 29.2. The van der Waals surface area contributed by atoms with Crippen LogP contribution in [0.2, 0.25) is 0 Å². The average molecular weight is 375 g/mol. The lowest BCUT2D eigenvalue weighted by Gasteiger charge is -2.20. The third-order valence-electron chi connectivity index (χ3n) is 3.00. The molecule has 0 fully saturated rings.